The maximum atomic E-state index is 5.79. The van der Waals surface area contributed by atoms with E-state index in [-0.39, 0.29) is 6.04 Å². The highest BCUT2D eigenvalue weighted by Gasteiger charge is 2.07. The average Bonchev–Trinajstić information content (AvgIpc) is 2.04. The lowest BCUT2D eigenvalue weighted by molar-refractivity contribution is 0.759. The second kappa shape index (κ2) is 3.63. The summed E-state index contributed by atoms with van der Waals surface area (Å²) in [6.45, 7) is 5.96. The van der Waals surface area contributed by atoms with Crippen LogP contribution in [0.4, 0.5) is 0 Å². The summed E-state index contributed by atoms with van der Waals surface area (Å²) < 4.78 is 0. The molecule has 1 heterocycles. The molecule has 0 saturated heterocycles. The molecule has 3 heteroatoms. The third-order valence-corrected chi connectivity index (χ3v) is 1.85. The van der Waals surface area contributed by atoms with Crippen molar-refractivity contribution in [2.24, 2.45) is 5.73 Å². The van der Waals surface area contributed by atoms with E-state index in [1.54, 1.807) is 0 Å². The van der Waals surface area contributed by atoms with Gasteiger partial charge in [-0.3, -0.25) is 0 Å². The fourth-order valence-electron chi connectivity index (χ4n) is 1.20. The highest BCUT2D eigenvalue weighted by Crippen LogP contribution is 2.14. The van der Waals surface area contributed by atoms with Gasteiger partial charge >= 0.3 is 0 Å². The van der Waals surface area contributed by atoms with Crippen molar-refractivity contribution in [3.8, 4) is 0 Å². The van der Waals surface area contributed by atoms with E-state index < -0.39 is 0 Å². The Morgan fingerprint density at radius 2 is 2.17 bits per heavy atom. The van der Waals surface area contributed by atoms with Gasteiger partial charge in [-0.1, -0.05) is 6.92 Å². The molecule has 1 aromatic heterocycles. The molecule has 0 saturated carbocycles. The lowest BCUT2D eigenvalue weighted by Crippen LogP contribution is -2.11. The Labute approximate surface area is 73.0 Å². The second-order valence-electron chi connectivity index (χ2n) is 3.03. The molecule has 0 spiro atoms. The summed E-state index contributed by atoms with van der Waals surface area (Å²) in [4.78, 5) is 0. The fraction of sp³-hybridized carbons (Fsp3) is 0.556. The molecule has 1 atom stereocenters. The molecule has 0 bridgehead atoms. The molecule has 0 aromatic carbocycles. The van der Waals surface area contributed by atoms with E-state index >= 15 is 0 Å². The van der Waals surface area contributed by atoms with Crippen LogP contribution >= 0.6 is 0 Å². The van der Waals surface area contributed by atoms with Gasteiger partial charge in [-0.15, -0.1) is 0 Å². The maximum Gasteiger partial charge on any atom is 0.0676 e. The van der Waals surface area contributed by atoms with Crippen LogP contribution in [-0.4, -0.2) is 10.2 Å². The lowest BCUT2D eigenvalue weighted by atomic mass is 10.1. The van der Waals surface area contributed by atoms with Gasteiger partial charge in [0, 0.05) is 6.04 Å². The summed E-state index contributed by atoms with van der Waals surface area (Å²) in [5.41, 5.74) is 8.85. The largest absolute Gasteiger partial charge is 0.324 e. The minimum Gasteiger partial charge on any atom is -0.324 e. The Kier molecular flexibility index (Phi) is 2.76. The van der Waals surface area contributed by atoms with Gasteiger partial charge in [0.1, 0.15) is 0 Å². The van der Waals surface area contributed by atoms with Crippen LogP contribution in [-0.2, 0) is 6.42 Å². The van der Waals surface area contributed by atoms with Crippen LogP contribution in [0.1, 0.15) is 36.8 Å². The predicted molar refractivity (Wildman–Crippen MR) is 48.7 cm³/mol. The highest BCUT2D eigenvalue weighted by molar-refractivity contribution is 5.23. The van der Waals surface area contributed by atoms with Gasteiger partial charge in [0.25, 0.3) is 0 Å². The van der Waals surface area contributed by atoms with Crippen LogP contribution in [0.25, 0.3) is 0 Å². The first-order valence-electron chi connectivity index (χ1n) is 4.23. The van der Waals surface area contributed by atoms with Crippen molar-refractivity contribution in [2.75, 3.05) is 0 Å². The van der Waals surface area contributed by atoms with Crippen molar-refractivity contribution in [2.45, 2.75) is 33.2 Å². The average molecular weight is 165 g/mol. The van der Waals surface area contributed by atoms with E-state index in [1.807, 2.05) is 19.9 Å². The molecule has 1 rings (SSSR count). The molecule has 1 unspecified atom stereocenters. The van der Waals surface area contributed by atoms with E-state index in [2.05, 4.69) is 17.1 Å². The van der Waals surface area contributed by atoms with Gasteiger partial charge in [-0.25, -0.2) is 0 Å². The van der Waals surface area contributed by atoms with Crippen LogP contribution in [0.3, 0.4) is 0 Å². The number of aryl methyl sites for hydroxylation is 2. The first-order valence-corrected chi connectivity index (χ1v) is 4.23. The molecule has 0 aliphatic carbocycles. The van der Waals surface area contributed by atoms with Crippen LogP contribution in [0.15, 0.2) is 6.07 Å². The number of aromatic nitrogens is 2. The smallest absolute Gasteiger partial charge is 0.0676 e. The van der Waals surface area contributed by atoms with Gasteiger partial charge in [0.2, 0.25) is 0 Å². The van der Waals surface area contributed by atoms with Gasteiger partial charge in [0.05, 0.1) is 11.4 Å². The Balaban J connectivity index is 3.12. The lowest BCUT2D eigenvalue weighted by Gasteiger charge is -2.09. The summed E-state index contributed by atoms with van der Waals surface area (Å²) >= 11 is 0. The SMILES string of the molecule is CCc1nnc(C)cc1C(C)N. The first kappa shape index (κ1) is 9.13. The quantitative estimate of drug-likeness (QED) is 0.720. The molecule has 0 aliphatic heterocycles. The van der Waals surface area contributed by atoms with Crippen LogP contribution in [0, 0.1) is 6.92 Å². The summed E-state index contributed by atoms with van der Waals surface area (Å²) in [5.74, 6) is 0. The van der Waals surface area contributed by atoms with Gasteiger partial charge < -0.3 is 5.73 Å². The van der Waals surface area contributed by atoms with E-state index in [0.717, 1.165) is 23.4 Å². The van der Waals surface area contributed by atoms with Crippen molar-refractivity contribution in [1.29, 1.82) is 0 Å². The summed E-state index contributed by atoms with van der Waals surface area (Å²) in [7, 11) is 0. The number of hydrogen-bond acceptors (Lipinski definition) is 3. The van der Waals surface area contributed by atoms with Crippen molar-refractivity contribution >= 4 is 0 Å². The van der Waals surface area contributed by atoms with E-state index in [9.17, 15) is 0 Å². The second-order valence-corrected chi connectivity index (χ2v) is 3.03. The molecule has 1 aromatic rings. The molecular formula is C9H15N3. The third kappa shape index (κ3) is 1.80. The van der Waals surface area contributed by atoms with E-state index in [1.165, 1.54) is 0 Å². The zero-order valence-corrected chi connectivity index (χ0v) is 7.83. The molecule has 0 aliphatic rings. The number of nitrogens with zero attached hydrogens (tertiary/aromatic N) is 2. The Bertz CT molecular complexity index is 268. The molecule has 0 fully saturated rings. The van der Waals surface area contributed by atoms with Gasteiger partial charge in [0.15, 0.2) is 0 Å². The summed E-state index contributed by atoms with van der Waals surface area (Å²) in [6.07, 6.45) is 0.893. The van der Waals surface area contributed by atoms with Crippen molar-refractivity contribution in [3.63, 3.8) is 0 Å². The number of hydrogen-bond donors (Lipinski definition) is 1. The van der Waals surface area contributed by atoms with Gasteiger partial charge in [-0.05, 0) is 31.9 Å². The number of rotatable bonds is 2. The van der Waals surface area contributed by atoms with Crippen LogP contribution < -0.4 is 5.73 Å². The summed E-state index contributed by atoms with van der Waals surface area (Å²) in [5, 5.41) is 8.08. The topological polar surface area (TPSA) is 51.8 Å². The molecule has 12 heavy (non-hydrogen) atoms. The zero-order chi connectivity index (χ0) is 9.14. The van der Waals surface area contributed by atoms with Crippen LogP contribution in [0.5, 0.6) is 0 Å². The van der Waals surface area contributed by atoms with Crippen molar-refractivity contribution in [1.82, 2.24) is 10.2 Å². The minimum absolute atomic E-state index is 0.0501. The standard InChI is InChI=1S/C9H15N3/c1-4-9-8(7(3)10)5-6(2)11-12-9/h5,7H,4,10H2,1-3H3. The number of nitrogens with two attached hydrogens (primary N) is 1. The molecule has 0 amide bonds. The van der Waals surface area contributed by atoms with E-state index in [4.69, 9.17) is 5.73 Å². The van der Waals surface area contributed by atoms with E-state index in [0.29, 0.717) is 0 Å². The third-order valence-electron chi connectivity index (χ3n) is 1.85. The van der Waals surface area contributed by atoms with Crippen molar-refractivity contribution in [3.05, 3.63) is 23.0 Å². The molecule has 2 N–H and O–H groups in total. The summed E-state index contributed by atoms with van der Waals surface area (Å²) in [6, 6.07) is 2.06. The monoisotopic (exact) mass is 165 g/mol. The zero-order valence-electron chi connectivity index (χ0n) is 7.83. The fourth-order valence-corrected chi connectivity index (χ4v) is 1.20. The van der Waals surface area contributed by atoms with Crippen molar-refractivity contribution < 1.29 is 0 Å². The van der Waals surface area contributed by atoms with Gasteiger partial charge in [-0.2, -0.15) is 10.2 Å². The molecular weight excluding hydrogens is 150 g/mol. The highest BCUT2D eigenvalue weighted by atomic mass is 15.1. The molecule has 0 radical (unpaired) electrons. The minimum atomic E-state index is 0.0501. The van der Waals surface area contributed by atoms with Crippen LogP contribution in [0.2, 0.25) is 0 Å². The Morgan fingerprint density at radius 3 is 2.67 bits per heavy atom. The molecule has 66 valence electrons. The normalized spacial score (nSPS) is 13.0. The maximum absolute atomic E-state index is 5.79. The first-order chi connectivity index (χ1) is 5.65. The Hall–Kier alpha value is -0.960. The molecule has 3 nitrogen and oxygen atoms in total. The Morgan fingerprint density at radius 1 is 1.50 bits per heavy atom. The predicted octanol–water partition coefficient (Wildman–Crippen LogP) is 1.37.